The molecule has 0 amide bonds. The van der Waals surface area contributed by atoms with Gasteiger partial charge in [0.05, 0.1) is 23.3 Å². The average Bonchev–Trinajstić information content (AvgIpc) is 2.75. The molecule has 5 nitrogen and oxygen atoms in total. The van der Waals surface area contributed by atoms with Crippen LogP contribution >= 0.6 is 0 Å². The van der Waals surface area contributed by atoms with Crippen molar-refractivity contribution >= 4 is 15.5 Å². The number of benzene rings is 2. The molecule has 0 aromatic heterocycles. The van der Waals surface area contributed by atoms with Crippen molar-refractivity contribution in [3.63, 3.8) is 0 Å². The van der Waals surface area contributed by atoms with E-state index in [1.54, 1.807) is 0 Å². The summed E-state index contributed by atoms with van der Waals surface area (Å²) in [6, 6.07) is 10.9. The minimum Gasteiger partial charge on any atom is -0.396 e. The van der Waals surface area contributed by atoms with Crippen LogP contribution < -0.4 is 11.1 Å². The molecule has 2 aromatic carbocycles. The van der Waals surface area contributed by atoms with Crippen molar-refractivity contribution in [1.29, 1.82) is 0 Å². The second kappa shape index (κ2) is 10.8. The fourth-order valence-electron chi connectivity index (χ4n) is 4.68. The number of aliphatic hydroxyl groups is 1. The molecule has 0 saturated carbocycles. The Balaban J connectivity index is 1.75. The summed E-state index contributed by atoms with van der Waals surface area (Å²) < 4.78 is 39.8. The summed E-state index contributed by atoms with van der Waals surface area (Å²) in [4.78, 5) is 0. The molecule has 0 spiro atoms. The van der Waals surface area contributed by atoms with Gasteiger partial charge in [-0.25, -0.2) is 12.8 Å². The number of nitrogens with two attached hydrogens (primary N) is 1. The Kier molecular flexibility index (Phi) is 8.43. The van der Waals surface area contributed by atoms with Crippen molar-refractivity contribution in [3.8, 4) is 0 Å². The predicted octanol–water partition coefficient (Wildman–Crippen LogP) is 4.15. The fraction of sp³-hybridized carbons (Fsp3) is 0.556. The molecule has 2 aromatic rings. The van der Waals surface area contributed by atoms with Gasteiger partial charge in [-0.2, -0.15) is 0 Å². The first-order valence-electron chi connectivity index (χ1n) is 12.2. The molecule has 0 radical (unpaired) electrons. The van der Waals surface area contributed by atoms with E-state index in [2.05, 4.69) is 45.1 Å². The van der Waals surface area contributed by atoms with Gasteiger partial charge in [0.25, 0.3) is 0 Å². The van der Waals surface area contributed by atoms with Gasteiger partial charge in [-0.05, 0) is 53.0 Å². The van der Waals surface area contributed by atoms with Crippen LogP contribution in [0.1, 0.15) is 62.8 Å². The number of hydrogen-bond donors (Lipinski definition) is 3. The van der Waals surface area contributed by atoms with E-state index in [9.17, 15) is 17.9 Å². The quantitative estimate of drug-likeness (QED) is 0.484. The molecule has 0 aliphatic carbocycles. The van der Waals surface area contributed by atoms with Gasteiger partial charge in [-0.1, -0.05) is 64.4 Å². The van der Waals surface area contributed by atoms with E-state index in [0.717, 1.165) is 24.0 Å². The summed E-state index contributed by atoms with van der Waals surface area (Å²) in [5, 5.41) is 14.3. The van der Waals surface area contributed by atoms with Gasteiger partial charge in [0, 0.05) is 18.5 Å². The minimum atomic E-state index is -3.35. The van der Waals surface area contributed by atoms with Crippen molar-refractivity contribution in [2.75, 3.05) is 17.2 Å². The number of nitrogen functional groups attached to an aromatic ring is 1. The Bertz CT molecular complexity index is 1100. The molecule has 1 fully saturated rings. The molecule has 7 heteroatoms. The lowest BCUT2D eigenvalue weighted by Crippen LogP contribution is -2.54. The van der Waals surface area contributed by atoms with E-state index in [4.69, 9.17) is 5.73 Å². The maximum Gasteiger partial charge on any atom is 0.152 e. The number of unbranched alkanes of at least 4 members (excludes halogenated alkanes) is 1. The molecule has 1 saturated heterocycles. The fourth-order valence-corrected chi connectivity index (χ4v) is 6.65. The number of anilines is 1. The van der Waals surface area contributed by atoms with Crippen LogP contribution in [0.3, 0.4) is 0 Å². The lowest BCUT2D eigenvalue weighted by atomic mass is 9.86. The Labute approximate surface area is 203 Å². The van der Waals surface area contributed by atoms with Crippen molar-refractivity contribution in [2.24, 2.45) is 5.92 Å². The molecule has 34 heavy (non-hydrogen) atoms. The highest BCUT2D eigenvalue weighted by molar-refractivity contribution is 7.91. The maximum absolute atomic E-state index is 14.5. The number of aryl methyl sites for hydroxylation is 1. The molecule has 1 heterocycles. The normalized spacial score (nSPS) is 22.6. The summed E-state index contributed by atoms with van der Waals surface area (Å²) in [6.07, 6.45) is 1.98. The Hall–Kier alpha value is -1.96. The van der Waals surface area contributed by atoms with Gasteiger partial charge in [0.2, 0.25) is 0 Å². The van der Waals surface area contributed by atoms with Crippen LogP contribution in [0.15, 0.2) is 36.4 Å². The lowest BCUT2D eigenvalue weighted by Gasteiger charge is -2.35. The summed E-state index contributed by atoms with van der Waals surface area (Å²) in [5.74, 6) is -1.21. The standard InChI is InChI=1S/C27H39FN2O3S/c1-5-6-9-20-11-19(14-23(28)25(20)29)12-21-16-34(32,33)17-24(26(21)31)30-15-18-8-7-10-22(13-18)27(2,3)4/h7-8,10-11,13-14,21,24,26,30-31H,5-6,9,12,15-17,29H2,1-4H3/t21-,24+,26+/m1/s1. The molecule has 1 aliphatic heterocycles. The van der Waals surface area contributed by atoms with Crippen LogP contribution in [0.5, 0.6) is 0 Å². The molecular formula is C27H39FN2O3S. The third kappa shape index (κ3) is 6.80. The van der Waals surface area contributed by atoms with E-state index in [0.29, 0.717) is 18.5 Å². The van der Waals surface area contributed by atoms with Crippen LogP contribution in [0.25, 0.3) is 0 Å². The van der Waals surface area contributed by atoms with E-state index < -0.39 is 33.7 Å². The van der Waals surface area contributed by atoms with Gasteiger partial charge >= 0.3 is 0 Å². The highest BCUT2D eigenvalue weighted by Crippen LogP contribution is 2.28. The minimum absolute atomic E-state index is 0.0130. The summed E-state index contributed by atoms with van der Waals surface area (Å²) in [6.45, 7) is 8.97. The van der Waals surface area contributed by atoms with Crippen LogP contribution in [-0.2, 0) is 34.6 Å². The van der Waals surface area contributed by atoms with Crippen molar-refractivity contribution < 1.29 is 17.9 Å². The number of nitrogens with one attached hydrogen (secondary N) is 1. The van der Waals surface area contributed by atoms with E-state index in [1.807, 2.05) is 18.2 Å². The van der Waals surface area contributed by atoms with Crippen LogP contribution in [0.4, 0.5) is 10.1 Å². The monoisotopic (exact) mass is 490 g/mol. The lowest BCUT2D eigenvalue weighted by molar-refractivity contribution is 0.0780. The van der Waals surface area contributed by atoms with E-state index in [1.165, 1.54) is 11.6 Å². The SMILES string of the molecule is CCCCc1cc(C[C@@H]2CS(=O)(=O)C[C@H](NCc3cccc(C(C)(C)C)c3)[C@H]2O)cc(F)c1N. The van der Waals surface area contributed by atoms with E-state index in [-0.39, 0.29) is 29.0 Å². The first-order valence-corrected chi connectivity index (χ1v) is 14.0. The summed E-state index contributed by atoms with van der Waals surface area (Å²) >= 11 is 0. The largest absolute Gasteiger partial charge is 0.396 e. The second-order valence-corrected chi connectivity index (χ2v) is 12.9. The zero-order valence-electron chi connectivity index (χ0n) is 20.8. The highest BCUT2D eigenvalue weighted by atomic mass is 32.2. The van der Waals surface area contributed by atoms with Gasteiger partial charge in [-0.15, -0.1) is 0 Å². The Morgan fingerprint density at radius 2 is 1.88 bits per heavy atom. The zero-order valence-corrected chi connectivity index (χ0v) is 21.6. The molecule has 188 valence electrons. The van der Waals surface area contributed by atoms with Crippen molar-refractivity contribution in [3.05, 3.63) is 64.5 Å². The summed E-state index contributed by atoms with van der Waals surface area (Å²) in [5.41, 5.74) is 9.76. The highest BCUT2D eigenvalue weighted by Gasteiger charge is 2.39. The number of halogens is 1. The second-order valence-electron chi connectivity index (χ2n) is 10.7. The number of rotatable bonds is 8. The Morgan fingerprint density at radius 1 is 1.15 bits per heavy atom. The third-order valence-electron chi connectivity index (χ3n) is 6.73. The zero-order chi connectivity index (χ0) is 25.1. The maximum atomic E-state index is 14.5. The predicted molar refractivity (Wildman–Crippen MR) is 137 cm³/mol. The van der Waals surface area contributed by atoms with Crippen molar-refractivity contribution in [1.82, 2.24) is 5.32 Å². The smallest absolute Gasteiger partial charge is 0.152 e. The van der Waals surface area contributed by atoms with Crippen LogP contribution in [-0.4, -0.2) is 37.2 Å². The number of sulfone groups is 1. The van der Waals surface area contributed by atoms with Crippen LogP contribution in [0, 0.1) is 11.7 Å². The molecule has 3 rings (SSSR count). The van der Waals surface area contributed by atoms with Gasteiger partial charge in [0.15, 0.2) is 9.84 Å². The van der Waals surface area contributed by atoms with Gasteiger partial charge in [-0.3, -0.25) is 0 Å². The number of aliphatic hydroxyl groups excluding tert-OH is 1. The third-order valence-corrected chi connectivity index (χ3v) is 8.53. The number of hydrogen-bond acceptors (Lipinski definition) is 5. The summed E-state index contributed by atoms with van der Waals surface area (Å²) in [7, 11) is -3.35. The molecule has 0 bridgehead atoms. The first kappa shape index (κ1) is 26.6. The molecule has 1 aliphatic rings. The molecule has 3 atom stereocenters. The molecular weight excluding hydrogens is 451 g/mol. The van der Waals surface area contributed by atoms with Crippen molar-refractivity contribution in [2.45, 2.75) is 77.5 Å². The molecule has 0 unspecified atom stereocenters. The topological polar surface area (TPSA) is 92.4 Å². The first-order chi connectivity index (χ1) is 15.9. The molecule has 4 N–H and O–H groups in total. The van der Waals surface area contributed by atoms with Gasteiger partial charge in [0.1, 0.15) is 5.82 Å². The average molecular weight is 491 g/mol. The Morgan fingerprint density at radius 3 is 2.56 bits per heavy atom. The van der Waals surface area contributed by atoms with Crippen LogP contribution in [0.2, 0.25) is 0 Å². The van der Waals surface area contributed by atoms with Gasteiger partial charge < -0.3 is 16.2 Å². The van der Waals surface area contributed by atoms with E-state index >= 15 is 0 Å².